The molecular weight excluding hydrogens is 668 g/mol. The number of thioether (sulfide) groups is 1. The van der Waals surface area contributed by atoms with Crippen LogP contribution in [0.4, 0.5) is 4.39 Å². The lowest BCUT2D eigenvalue weighted by Gasteiger charge is -2.22. The molecule has 0 radical (unpaired) electrons. The van der Waals surface area contributed by atoms with E-state index in [4.69, 9.17) is 19.3 Å². The number of methoxy groups -OCH3 is 2. The third kappa shape index (κ3) is 7.76. The number of halogens is 1. The van der Waals surface area contributed by atoms with E-state index in [2.05, 4.69) is 15.5 Å². The molecule has 0 saturated carbocycles. The van der Waals surface area contributed by atoms with Crippen LogP contribution in [-0.2, 0) is 11.3 Å². The van der Waals surface area contributed by atoms with E-state index in [-0.39, 0.29) is 36.0 Å². The van der Waals surface area contributed by atoms with E-state index in [9.17, 15) is 14.0 Å². The summed E-state index contributed by atoms with van der Waals surface area (Å²) >= 11 is 2.76. The zero-order valence-corrected chi connectivity index (χ0v) is 28.6. The van der Waals surface area contributed by atoms with E-state index < -0.39 is 0 Å². The van der Waals surface area contributed by atoms with Crippen molar-refractivity contribution in [2.45, 2.75) is 31.1 Å². The minimum absolute atomic E-state index is 0.00401. The molecule has 5 aromatic rings. The van der Waals surface area contributed by atoms with Crippen molar-refractivity contribution in [1.29, 1.82) is 0 Å². The fourth-order valence-corrected chi connectivity index (χ4v) is 6.84. The summed E-state index contributed by atoms with van der Waals surface area (Å²) in [6.45, 7) is 2.47. The monoisotopic (exact) mass is 700 g/mol. The molecule has 49 heavy (non-hydrogen) atoms. The van der Waals surface area contributed by atoms with Gasteiger partial charge in [-0.2, -0.15) is 5.10 Å². The molecule has 0 bridgehead atoms. The Labute approximate surface area is 290 Å². The number of ether oxygens (including phenoxy) is 3. The highest BCUT2D eigenvalue weighted by Gasteiger charge is 2.34. The molecule has 6 rings (SSSR count). The van der Waals surface area contributed by atoms with Gasteiger partial charge in [0.15, 0.2) is 11.0 Å². The van der Waals surface area contributed by atoms with E-state index in [1.54, 1.807) is 46.2 Å². The second-order valence-corrected chi connectivity index (χ2v) is 12.7. The zero-order chi connectivity index (χ0) is 34.3. The molecular formula is C35H33FN6O5S2. The van der Waals surface area contributed by atoms with Crippen molar-refractivity contribution in [3.63, 3.8) is 0 Å². The molecule has 0 saturated heterocycles. The number of thiophene rings is 1. The van der Waals surface area contributed by atoms with Gasteiger partial charge in [0.1, 0.15) is 23.1 Å². The summed E-state index contributed by atoms with van der Waals surface area (Å²) in [5, 5.41) is 20.3. The van der Waals surface area contributed by atoms with Crippen molar-refractivity contribution < 1.29 is 28.2 Å². The maximum absolute atomic E-state index is 13.8. The number of rotatable bonds is 13. The predicted octanol–water partition coefficient (Wildman–Crippen LogP) is 6.28. The van der Waals surface area contributed by atoms with Crippen molar-refractivity contribution in [2.75, 3.05) is 26.6 Å². The largest absolute Gasteiger partial charge is 0.497 e. The van der Waals surface area contributed by atoms with Crippen LogP contribution >= 0.6 is 23.1 Å². The van der Waals surface area contributed by atoms with Crippen LogP contribution in [0.2, 0.25) is 0 Å². The molecule has 14 heteroatoms. The van der Waals surface area contributed by atoms with Crippen molar-refractivity contribution in [2.24, 2.45) is 5.10 Å². The standard InChI is InChI=1S/C35H33FN6O5S2/c1-4-47-26-13-11-25(12-14-26)41-32(20-37-34(44)23-16-27(45-2)18-28(17-23)46-3)38-39-35(41)49-21-33(43)42-30(22-7-9-24(36)10-8-22)19-29(40-42)31-6-5-15-48-31/h5-18,30H,4,19-21H2,1-3H3,(H,37,44). The normalized spacial score (nSPS) is 14.0. The number of hydrazone groups is 1. The van der Waals surface area contributed by atoms with E-state index in [0.29, 0.717) is 46.8 Å². The van der Waals surface area contributed by atoms with Crippen LogP contribution < -0.4 is 19.5 Å². The summed E-state index contributed by atoms with van der Waals surface area (Å²) in [6, 6.07) is 22.0. The van der Waals surface area contributed by atoms with Crippen LogP contribution in [0.1, 0.15) is 46.0 Å². The molecule has 1 aliphatic heterocycles. The Kier molecular flexibility index (Phi) is 10.5. The fourth-order valence-electron chi connectivity index (χ4n) is 5.29. The Morgan fingerprint density at radius 2 is 1.71 bits per heavy atom. The van der Waals surface area contributed by atoms with Gasteiger partial charge in [0.05, 0.1) is 49.8 Å². The SMILES string of the molecule is CCOc1ccc(-n2c(CNC(=O)c3cc(OC)cc(OC)c3)nnc2SCC(=O)N2N=C(c3cccs3)CC2c2ccc(F)cc2)cc1. The minimum Gasteiger partial charge on any atom is -0.497 e. The number of nitrogens with one attached hydrogen (secondary N) is 1. The van der Waals surface area contributed by atoms with Crippen molar-refractivity contribution in [3.05, 3.63) is 112 Å². The number of nitrogens with zero attached hydrogens (tertiary/aromatic N) is 5. The molecule has 2 aromatic heterocycles. The van der Waals surface area contributed by atoms with Gasteiger partial charge >= 0.3 is 0 Å². The van der Waals surface area contributed by atoms with Crippen LogP contribution in [0.15, 0.2) is 94.5 Å². The molecule has 0 fully saturated rings. The van der Waals surface area contributed by atoms with E-state index in [1.807, 2.05) is 48.7 Å². The molecule has 0 aliphatic carbocycles. The molecule has 1 atom stereocenters. The van der Waals surface area contributed by atoms with Gasteiger partial charge in [-0.15, -0.1) is 21.5 Å². The summed E-state index contributed by atoms with van der Waals surface area (Å²) < 4.78 is 31.8. The summed E-state index contributed by atoms with van der Waals surface area (Å²) in [4.78, 5) is 28.0. The van der Waals surface area contributed by atoms with E-state index in [1.165, 1.54) is 43.1 Å². The highest BCUT2D eigenvalue weighted by molar-refractivity contribution is 7.99. The van der Waals surface area contributed by atoms with Crippen LogP contribution in [-0.4, -0.2) is 63.9 Å². The zero-order valence-electron chi connectivity index (χ0n) is 27.0. The first-order chi connectivity index (χ1) is 23.9. The number of hydrogen-bond donors (Lipinski definition) is 1. The average molecular weight is 701 g/mol. The van der Waals surface area contributed by atoms with Gasteiger partial charge in [-0.05, 0) is 72.5 Å². The topological polar surface area (TPSA) is 120 Å². The van der Waals surface area contributed by atoms with E-state index in [0.717, 1.165) is 21.8 Å². The quantitative estimate of drug-likeness (QED) is 0.143. The third-order valence-corrected chi connectivity index (χ3v) is 9.51. The smallest absolute Gasteiger partial charge is 0.253 e. The first-order valence-corrected chi connectivity index (χ1v) is 17.2. The number of carbonyl (C=O) groups is 2. The van der Waals surface area contributed by atoms with Gasteiger partial charge in [0, 0.05) is 23.7 Å². The number of benzene rings is 3. The summed E-state index contributed by atoms with van der Waals surface area (Å²) in [5.74, 6) is 1.17. The maximum atomic E-state index is 13.8. The van der Waals surface area contributed by atoms with Crippen molar-refractivity contribution in [3.8, 4) is 22.9 Å². The molecule has 252 valence electrons. The van der Waals surface area contributed by atoms with Gasteiger partial charge in [-0.1, -0.05) is 30.0 Å². The summed E-state index contributed by atoms with van der Waals surface area (Å²) in [6.07, 6.45) is 0.508. The lowest BCUT2D eigenvalue weighted by molar-refractivity contribution is -0.130. The Morgan fingerprint density at radius 3 is 2.37 bits per heavy atom. The Morgan fingerprint density at radius 1 is 0.980 bits per heavy atom. The summed E-state index contributed by atoms with van der Waals surface area (Å²) in [7, 11) is 3.03. The molecule has 1 unspecified atom stereocenters. The maximum Gasteiger partial charge on any atom is 0.253 e. The second kappa shape index (κ2) is 15.3. The lowest BCUT2D eigenvalue weighted by Crippen LogP contribution is -2.28. The number of carbonyl (C=O) groups excluding carboxylic acids is 2. The van der Waals surface area contributed by atoms with Gasteiger partial charge in [0.2, 0.25) is 0 Å². The predicted molar refractivity (Wildman–Crippen MR) is 185 cm³/mol. The van der Waals surface area contributed by atoms with Gasteiger partial charge in [0.25, 0.3) is 11.8 Å². The number of hydrogen-bond acceptors (Lipinski definition) is 10. The molecule has 1 aliphatic rings. The third-order valence-electron chi connectivity index (χ3n) is 7.68. The average Bonchev–Trinajstić information content (AvgIpc) is 3.91. The molecule has 1 N–H and O–H groups in total. The second-order valence-electron chi connectivity index (χ2n) is 10.8. The van der Waals surface area contributed by atoms with Crippen LogP contribution in [0.3, 0.4) is 0 Å². The highest BCUT2D eigenvalue weighted by atomic mass is 32.2. The van der Waals surface area contributed by atoms with Gasteiger partial charge < -0.3 is 19.5 Å². The van der Waals surface area contributed by atoms with E-state index >= 15 is 0 Å². The molecule has 3 aromatic carbocycles. The Bertz CT molecular complexity index is 1930. The minimum atomic E-state index is -0.379. The van der Waals surface area contributed by atoms with Crippen molar-refractivity contribution >= 4 is 40.6 Å². The molecule has 2 amide bonds. The van der Waals surface area contributed by atoms with Crippen LogP contribution in [0.25, 0.3) is 5.69 Å². The van der Waals surface area contributed by atoms with Crippen LogP contribution in [0.5, 0.6) is 17.2 Å². The first-order valence-electron chi connectivity index (χ1n) is 15.4. The molecule has 11 nitrogen and oxygen atoms in total. The van der Waals surface area contributed by atoms with Gasteiger partial charge in [-0.3, -0.25) is 14.2 Å². The van der Waals surface area contributed by atoms with Crippen LogP contribution in [0, 0.1) is 5.82 Å². The van der Waals surface area contributed by atoms with Crippen molar-refractivity contribution in [1.82, 2.24) is 25.1 Å². The highest BCUT2D eigenvalue weighted by Crippen LogP contribution is 2.35. The lowest BCUT2D eigenvalue weighted by atomic mass is 10.0. The Balaban J connectivity index is 1.24. The molecule has 3 heterocycles. The first kappa shape index (κ1) is 33.7. The number of amides is 2. The summed E-state index contributed by atoms with van der Waals surface area (Å²) in [5.41, 5.74) is 2.66. The van der Waals surface area contributed by atoms with Gasteiger partial charge in [-0.25, -0.2) is 9.40 Å². The molecule has 0 spiro atoms. The number of aromatic nitrogens is 3. The fraction of sp³-hybridized carbons (Fsp3) is 0.229. The Hall–Kier alpha value is -5.21.